The van der Waals surface area contributed by atoms with Gasteiger partial charge in [-0.25, -0.2) is 0 Å². The fourth-order valence-electron chi connectivity index (χ4n) is 2.05. The third-order valence-electron chi connectivity index (χ3n) is 3.17. The van der Waals surface area contributed by atoms with Crippen molar-refractivity contribution in [3.8, 4) is 0 Å². The van der Waals surface area contributed by atoms with E-state index in [0.29, 0.717) is 12.8 Å². The molecule has 102 valence electrons. The van der Waals surface area contributed by atoms with Crippen LogP contribution in [0.25, 0.3) is 0 Å². The smallest absolute Gasteiger partial charge is 0.317 e. The number of cyclic esters (lactones) is 1. The van der Waals surface area contributed by atoms with Gasteiger partial charge in [0.2, 0.25) is 0 Å². The van der Waals surface area contributed by atoms with Crippen molar-refractivity contribution in [2.75, 3.05) is 7.11 Å². The van der Waals surface area contributed by atoms with Crippen LogP contribution in [-0.4, -0.2) is 30.9 Å². The zero-order valence-electron chi connectivity index (χ0n) is 10.9. The molecule has 1 aliphatic heterocycles. The third kappa shape index (κ3) is 4.13. The second-order valence-corrected chi connectivity index (χ2v) is 4.56. The van der Waals surface area contributed by atoms with Crippen molar-refractivity contribution in [1.29, 1.82) is 0 Å². The molecule has 0 bridgehead atoms. The molecule has 0 amide bonds. The van der Waals surface area contributed by atoms with Gasteiger partial charge in [-0.2, -0.15) is 0 Å². The molecule has 1 fully saturated rings. The van der Waals surface area contributed by atoms with E-state index in [4.69, 9.17) is 4.74 Å². The first-order chi connectivity index (χ1) is 8.56. The van der Waals surface area contributed by atoms with Crippen molar-refractivity contribution < 1.29 is 23.9 Å². The lowest BCUT2D eigenvalue weighted by Crippen LogP contribution is -2.18. The van der Waals surface area contributed by atoms with Gasteiger partial charge in [-0.1, -0.05) is 19.3 Å². The number of hydrogen-bond acceptors (Lipinski definition) is 5. The minimum Gasteiger partial charge on any atom is -0.469 e. The fourth-order valence-corrected chi connectivity index (χ4v) is 2.05. The number of esters is 2. The van der Waals surface area contributed by atoms with Crippen LogP contribution in [0.4, 0.5) is 0 Å². The number of Topliss-reactive ketones (excluding diaryl/α,β-unsaturated/α-hetero) is 1. The number of rotatable bonds is 7. The van der Waals surface area contributed by atoms with Gasteiger partial charge in [0.25, 0.3) is 0 Å². The van der Waals surface area contributed by atoms with Crippen molar-refractivity contribution >= 4 is 17.7 Å². The molecule has 18 heavy (non-hydrogen) atoms. The van der Waals surface area contributed by atoms with E-state index in [-0.39, 0.29) is 17.7 Å². The standard InChI is InChI=1S/C13H20O5/c1-9-12(15)10(13(16)18-9)7-5-3-4-6-8-11(14)17-2/h9-10H,3-8H2,1-2H3. The highest BCUT2D eigenvalue weighted by atomic mass is 16.6. The first-order valence-electron chi connectivity index (χ1n) is 6.37. The Kier molecular flexibility index (Phi) is 5.82. The average molecular weight is 256 g/mol. The first kappa shape index (κ1) is 14.7. The normalized spacial score (nSPS) is 23.0. The number of unbranched alkanes of at least 4 members (excludes halogenated alkanes) is 3. The minimum absolute atomic E-state index is 0.102. The molecule has 0 saturated carbocycles. The highest BCUT2D eigenvalue weighted by molar-refractivity contribution is 6.06. The summed E-state index contributed by atoms with van der Waals surface area (Å²) in [6, 6.07) is 0. The Hall–Kier alpha value is -1.39. The van der Waals surface area contributed by atoms with Crippen molar-refractivity contribution in [3.05, 3.63) is 0 Å². The Labute approximate surface area is 107 Å². The Balaban J connectivity index is 2.10. The highest BCUT2D eigenvalue weighted by Crippen LogP contribution is 2.22. The van der Waals surface area contributed by atoms with Crippen molar-refractivity contribution in [2.24, 2.45) is 5.92 Å². The molecule has 5 heteroatoms. The molecule has 0 radical (unpaired) electrons. The molecule has 0 aromatic heterocycles. The number of methoxy groups -OCH3 is 1. The Morgan fingerprint density at radius 3 is 2.44 bits per heavy atom. The van der Waals surface area contributed by atoms with Crippen LogP contribution < -0.4 is 0 Å². The predicted molar refractivity (Wildman–Crippen MR) is 63.8 cm³/mol. The maximum atomic E-state index is 11.6. The van der Waals surface area contributed by atoms with Gasteiger partial charge in [-0.05, 0) is 19.8 Å². The van der Waals surface area contributed by atoms with Gasteiger partial charge in [0.15, 0.2) is 11.9 Å². The molecule has 1 heterocycles. The summed E-state index contributed by atoms with van der Waals surface area (Å²) < 4.78 is 9.39. The van der Waals surface area contributed by atoms with Crippen LogP contribution >= 0.6 is 0 Å². The molecule has 0 aromatic rings. The van der Waals surface area contributed by atoms with E-state index >= 15 is 0 Å². The number of hydrogen-bond donors (Lipinski definition) is 0. The fraction of sp³-hybridized carbons (Fsp3) is 0.769. The summed E-state index contributed by atoms with van der Waals surface area (Å²) in [4.78, 5) is 33.7. The lowest BCUT2D eigenvalue weighted by atomic mass is 9.96. The first-order valence-corrected chi connectivity index (χ1v) is 6.37. The SMILES string of the molecule is COC(=O)CCCCCCC1C(=O)OC(C)C1=O. The van der Waals surface area contributed by atoms with Crippen LogP contribution in [0.1, 0.15) is 45.4 Å². The van der Waals surface area contributed by atoms with Gasteiger partial charge in [-0.3, -0.25) is 14.4 Å². The van der Waals surface area contributed by atoms with E-state index < -0.39 is 12.0 Å². The number of ether oxygens (including phenoxy) is 2. The summed E-state index contributed by atoms with van der Waals surface area (Å²) in [6.07, 6.45) is 3.80. The number of ketones is 1. The molecule has 1 aliphatic rings. The summed E-state index contributed by atoms with van der Waals surface area (Å²) in [5.41, 5.74) is 0. The average Bonchev–Trinajstić information content (AvgIpc) is 2.59. The Bertz CT molecular complexity index is 323. The van der Waals surface area contributed by atoms with E-state index in [1.165, 1.54) is 7.11 Å². The van der Waals surface area contributed by atoms with Crippen LogP contribution in [0.5, 0.6) is 0 Å². The Morgan fingerprint density at radius 2 is 1.89 bits per heavy atom. The highest BCUT2D eigenvalue weighted by Gasteiger charge is 2.39. The van der Waals surface area contributed by atoms with Crippen LogP contribution in [0.2, 0.25) is 0 Å². The van der Waals surface area contributed by atoms with Crippen LogP contribution in [0.15, 0.2) is 0 Å². The molecule has 0 aliphatic carbocycles. The molecule has 2 unspecified atom stereocenters. The quantitative estimate of drug-likeness (QED) is 0.393. The molecule has 0 spiro atoms. The summed E-state index contributed by atoms with van der Waals surface area (Å²) in [6.45, 7) is 1.61. The van der Waals surface area contributed by atoms with E-state index in [0.717, 1.165) is 25.7 Å². The predicted octanol–water partition coefficient (Wildman–Crippen LogP) is 1.63. The Morgan fingerprint density at radius 1 is 1.22 bits per heavy atom. The largest absolute Gasteiger partial charge is 0.469 e. The zero-order valence-corrected chi connectivity index (χ0v) is 10.9. The van der Waals surface area contributed by atoms with Crippen LogP contribution in [-0.2, 0) is 23.9 Å². The molecule has 5 nitrogen and oxygen atoms in total. The van der Waals surface area contributed by atoms with Gasteiger partial charge >= 0.3 is 11.9 Å². The molecule has 0 N–H and O–H groups in total. The summed E-state index contributed by atoms with van der Waals surface area (Å²) >= 11 is 0. The molecular weight excluding hydrogens is 236 g/mol. The maximum Gasteiger partial charge on any atom is 0.317 e. The molecule has 1 rings (SSSR count). The van der Waals surface area contributed by atoms with E-state index in [1.54, 1.807) is 6.92 Å². The van der Waals surface area contributed by atoms with Gasteiger partial charge in [0.1, 0.15) is 5.92 Å². The maximum absolute atomic E-state index is 11.6. The van der Waals surface area contributed by atoms with Gasteiger partial charge in [0, 0.05) is 6.42 Å². The molecule has 1 saturated heterocycles. The van der Waals surface area contributed by atoms with Crippen LogP contribution in [0, 0.1) is 5.92 Å². The molecular formula is C13H20O5. The summed E-state index contributed by atoms with van der Waals surface area (Å²) in [5.74, 6) is -1.25. The van der Waals surface area contributed by atoms with Crippen molar-refractivity contribution in [1.82, 2.24) is 0 Å². The number of carbonyl (C=O) groups excluding carboxylic acids is 3. The lowest BCUT2D eigenvalue weighted by Gasteiger charge is -2.04. The molecule has 0 aromatic carbocycles. The summed E-state index contributed by atoms with van der Waals surface area (Å²) in [5, 5.41) is 0. The minimum atomic E-state index is -0.582. The second-order valence-electron chi connectivity index (χ2n) is 4.56. The van der Waals surface area contributed by atoms with Gasteiger partial charge < -0.3 is 9.47 Å². The van der Waals surface area contributed by atoms with E-state index in [1.807, 2.05) is 0 Å². The topological polar surface area (TPSA) is 69.7 Å². The monoisotopic (exact) mass is 256 g/mol. The lowest BCUT2D eigenvalue weighted by molar-refractivity contribution is -0.144. The van der Waals surface area contributed by atoms with E-state index in [9.17, 15) is 14.4 Å². The van der Waals surface area contributed by atoms with Crippen molar-refractivity contribution in [3.63, 3.8) is 0 Å². The summed E-state index contributed by atoms with van der Waals surface area (Å²) in [7, 11) is 1.38. The molecule has 2 atom stereocenters. The van der Waals surface area contributed by atoms with Gasteiger partial charge in [-0.15, -0.1) is 0 Å². The second kappa shape index (κ2) is 7.13. The van der Waals surface area contributed by atoms with Crippen molar-refractivity contribution in [2.45, 2.75) is 51.6 Å². The van der Waals surface area contributed by atoms with E-state index in [2.05, 4.69) is 4.74 Å². The zero-order chi connectivity index (χ0) is 13.5. The third-order valence-corrected chi connectivity index (χ3v) is 3.17. The van der Waals surface area contributed by atoms with Gasteiger partial charge in [0.05, 0.1) is 7.11 Å². The number of carbonyl (C=O) groups is 3. The van der Waals surface area contributed by atoms with Crippen LogP contribution in [0.3, 0.4) is 0 Å².